The van der Waals surface area contributed by atoms with Gasteiger partial charge in [-0.3, -0.25) is 0 Å². The van der Waals surface area contributed by atoms with Crippen LogP contribution in [-0.2, 0) is 4.74 Å². The number of rotatable bonds is 6. The first kappa shape index (κ1) is 18.0. The van der Waals surface area contributed by atoms with Gasteiger partial charge in [-0.1, -0.05) is 29.5 Å². The Labute approximate surface area is 168 Å². The summed E-state index contributed by atoms with van der Waals surface area (Å²) in [6, 6.07) is 12.3. The van der Waals surface area contributed by atoms with Gasteiger partial charge in [-0.15, -0.1) is 21.5 Å². The fourth-order valence-corrected chi connectivity index (χ4v) is 5.12. The molecule has 0 aliphatic heterocycles. The quantitative estimate of drug-likeness (QED) is 0.350. The number of carbonyl (C=O) groups is 1. The highest BCUT2D eigenvalue weighted by molar-refractivity contribution is 8.02. The van der Waals surface area contributed by atoms with Gasteiger partial charge in [0.05, 0.1) is 27.7 Å². The third kappa shape index (κ3) is 3.71. The van der Waals surface area contributed by atoms with Crippen molar-refractivity contribution < 1.29 is 9.53 Å². The summed E-state index contributed by atoms with van der Waals surface area (Å²) in [6.07, 6.45) is 0. The summed E-state index contributed by atoms with van der Waals surface area (Å²) in [5.41, 5.74) is 2.93. The highest BCUT2D eigenvalue weighted by Crippen LogP contribution is 2.36. The van der Waals surface area contributed by atoms with Crippen molar-refractivity contribution in [3.05, 3.63) is 46.8 Å². The second-order valence-corrected chi connectivity index (χ2v) is 8.93. The van der Waals surface area contributed by atoms with Gasteiger partial charge in [0.15, 0.2) is 5.01 Å². The van der Waals surface area contributed by atoms with E-state index in [9.17, 15) is 4.79 Å². The first-order valence-corrected chi connectivity index (χ1v) is 10.7. The lowest BCUT2D eigenvalue weighted by molar-refractivity contribution is 0.0525. The molecule has 3 heterocycles. The molecule has 9 heteroatoms. The van der Waals surface area contributed by atoms with Gasteiger partial charge >= 0.3 is 5.97 Å². The average Bonchev–Trinajstić information content (AvgIpc) is 3.40. The number of aromatic amines is 1. The molecule has 1 N–H and O–H groups in total. The Morgan fingerprint density at radius 1 is 1.30 bits per heavy atom. The van der Waals surface area contributed by atoms with E-state index in [1.54, 1.807) is 30.2 Å². The molecule has 0 bridgehead atoms. The first-order chi connectivity index (χ1) is 13.2. The molecule has 4 rings (SSSR count). The highest BCUT2D eigenvalue weighted by Gasteiger charge is 2.17. The van der Waals surface area contributed by atoms with Gasteiger partial charge in [-0.05, 0) is 42.5 Å². The fraction of sp³-hybridized carbons (Fsp3) is 0.167. The topological polar surface area (TPSA) is 71.1 Å². The minimum atomic E-state index is -0.440. The van der Waals surface area contributed by atoms with Crippen LogP contribution >= 0.6 is 34.6 Å². The maximum Gasteiger partial charge on any atom is 0.369 e. The summed E-state index contributed by atoms with van der Waals surface area (Å²) in [6.45, 7) is 2.08. The summed E-state index contributed by atoms with van der Waals surface area (Å²) in [5, 5.41) is 12.2. The van der Waals surface area contributed by atoms with Crippen LogP contribution in [0.5, 0.6) is 0 Å². The zero-order valence-corrected chi connectivity index (χ0v) is 17.1. The summed E-state index contributed by atoms with van der Waals surface area (Å²) >= 11 is 4.62. The Bertz CT molecular complexity index is 1070. The number of thiophene rings is 1. The maximum atomic E-state index is 11.8. The van der Waals surface area contributed by atoms with Gasteiger partial charge < -0.3 is 14.0 Å². The Hall–Kier alpha value is -2.36. The largest absolute Gasteiger partial charge is 0.461 e. The first-order valence-electron chi connectivity index (χ1n) is 8.23. The number of hydrogen-bond acceptors (Lipinski definition) is 8. The number of para-hydroxylation sites is 1. The second kappa shape index (κ2) is 7.71. The molecule has 0 aliphatic rings. The average molecular weight is 417 g/mol. The molecular weight excluding hydrogens is 400 g/mol. The van der Waals surface area contributed by atoms with Crippen LogP contribution < -0.4 is 4.31 Å². The molecule has 0 fully saturated rings. The van der Waals surface area contributed by atoms with E-state index in [1.807, 2.05) is 25.2 Å². The number of nitrogens with zero attached hydrogens (tertiary/aromatic N) is 3. The van der Waals surface area contributed by atoms with Gasteiger partial charge in [0.2, 0.25) is 5.01 Å². The summed E-state index contributed by atoms with van der Waals surface area (Å²) in [4.78, 5) is 15.3. The Morgan fingerprint density at radius 2 is 2.19 bits per heavy atom. The Morgan fingerprint density at radius 3 is 2.96 bits per heavy atom. The number of ether oxygens (including phenoxy) is 1. The molecule has 0 saturated carbocycles. The fourth-order valence-electron chi connectivity index (χ4n) is 2.62. The molecule has 0 aliphatic carbocycles. The lowest BCUT2D eigenvalue weighted by atomic mass is 10.2. The lowest BCUT2D eigenvalue weighted by Gasteiger charge is -2.17. The van der Waals surface area contributed by atoms with Crippen LogP contribution in [0.15, 0.2) is 46.0 Å². The zero-order chi connectivity index (χ0) is 18.8. The van der Waals surface area contributed by atoms with E-state index >= 15 is 0 Å². The molecule has 0 spiro atoms. The highest BCUT2D eigenvalue weighted by atomic mass is 32.2. The lowest BCUT2D eigenvalue weighted by Crippen LogP contribution is -2.05. The molecule has 1 aromatic carbocycles. The number of benzene rings is 1. The third-order valence-electron chi connectivity index (χ3n) is 3.80. The number of nitrogens with one attached hydrogen (secondary N) is 1. The molecular formula is C18H16N4O2S3. The molecule has 4 aromatic rings. The molecule has 0 atom stereocenters. The molecule has 0 unspecified atom stereocenters. The van der Waals surface area contributed by atoms with Crippen molar-refractivity contribution >= 4 is 57.2 Å². The zero-order valence-electron chi connectivity index (χ0n) is 14.6. The van der Waals surface area contributed by atoms with E-state index in [2.05, 4.69) is 43.1 Å². The minimum absolute atomic E-state index is 0.260. The number of hydrogen-bond donors (Lipinski definition) is 1. The van der Waals surface area contributed by atoms with Crippen molar-refractivity contribution in [2.24, 2.45) is 0 Å². The van der Waals surface area contributed by atoms with E-state index in [0.29, 0.717) is 11.6 Å². The van der Waals surface area contributed by atoms with E-state index < -0.39 is 5.97 Å². The molecule has 0 amide bonds. The molecule has 0 radical (unpaired) electrons. The van der Waals surface area contributed by atoms with Crippen LogP contribution in [-0.4, -0.2) is 34.8 Å². The van der Waals surface area contributed by atoms with Crippen molar-refractivity contribution in [3.63, 3.8) is 0 Å². The number of anilines is 1. The number of aromatic nitrogens is 3. The van der Waals surface area contributed by atoms with Crippen LogP contribution in [0.4, 0.5) is 5.69 Å². The van der Waals surface area contributed by atoms with Crippen molar-refractivity contribution in [1.82, 2.24) is 15.2 Å². The van der Waals surface area contributed by atoms with Gasteiger partial charge in [0.1, 0.15) is 0 Å². The third-order valence-corrected chi connectivity index (χ3v) is 6.70. The van der Waals surface area contributed by atoms with E-state index in [0.717, 1.165) is 22.3 Å². The summed E-state index contributed by atoms with van der Waals surface area (Å²) < 4.78 is 8.35. The standard InChI is InChI=1S/C18H16N4O2S3/c1-3-24-18(23)17-21-20-16(26-17)12-10-11-6-4-7-13(15(11)19-12)22(2)27-14-8-5-9-25-14/h4-10,19H,3H2,1-2H3. The van der Waals surface area contributed by atoms with Gasteiger partial charge in [0.25, 0.3) is 0 Å². The van der Waals surface area contributed by atoms with Crippen molar-refractivity contribution in [2.45, 2.75) is 11.1 Å². The Kier molecular flexibility index (Phi) is 5.15. The number of fused-ring (bicyclic) bond motifs is 1. The monoisotopic (exact) mass is 416 g/mol. The summed E-state index contributed by atoms with van der Waals surface area (Å²) in [7, 11) is 2.05. The normalized spacial score (nSPS) is 11.0. The van der Waals surface area contributed by atoms with Crippen molar-refractivity contribution in [3.8, 4) is 10.7 Å². The molecule has 3 aromatic heterocycles. The SMILES string of the molecule is CCOC(=O)c1nnc(-c2cc3cccc(N(C)Sc4cccs4)c3[nH]2)s1. The van der Waals surface area contributed by atoms with Crippen LogP contribution in [0.3, 0.4) is 0 Å². The predicted octanol–water partition coefficient (Wildman–Crippen LogP) is 5.07. The van der Waals surface area contributed by atoms with Crippen LogP contribution in [0.1, 0.15) is 16.7 Å². The predicted molar refractivity (Wildman–Crippen MR) is 112 cm³/mol. The second-order valence-electron chi connectivity index (χ2n) is 5.58. The molecule has 0 saturated heterocycles. The van der Waals surface area contributed by atoms with E-state index in [-0.39, 0.29) is 5.01 Å². The maximum absolute atomic E-state index is 11.8. The van der Waals surface area contributed by atoms with Gasteiger partial charge in [0, 0.05) is 12.4 Å². The number of carbonyl (C=O) groups excluding carboxylic acids is 1. The smallest absolute Gasteiger partial charge is 0.369 e. The van der Waals surface area contributed by atoms with Crippen molar-refractivity contribution in [1.29, 1.82) is 0 Å². The van der Waals surface area contributed by atoms with Gasteiger partial charge in [-0.2, -0.15) is 0 Å². The molecule has 6 nitrogen and oxygen atoms in total. The van der Waals surface area contributed by atoms with E-state index in [1.165, 1.54) is 15.5 Å². The molecule has 27 heavy (non-hydrogen) atoms. The molecule has 138 valence electrons. The van der Waals surface area contributed by atoms with Crippen molar-refractivity contribution in [2.75, 3.05) is 18.0 Å². The number of H-pyrrole nitrogens is 1. The van der Waals surface area contributed by atoms with E-state index in [4.69, 9.17) is 4.74 Å². The Balaban J connectivity index is 1.65. The van der Waals surface area contributed by atoms with Crippen LogP contribution in [0.25, 0.3) is 21.6 Å². The van der Waals surface area contributed by atoms with Crippen LogP contribution in [0.2, 0.25) is 0 Å². The summed E-state index contributed by atoms with van der Waals surface area (Å²) in [5.74, 6) is -0.440. The minimum Gasteiger partial charge on any atom is -0.461 e. The van der Waals surface area contributed by atoms with Gasteiger partial charge in [-0.25, -0.2) is 4.79 Å². The van der Waals surface area contributed by atoms with Crippen LogP contribution in [0, 0.1) is 0 Å². The number of esters is 1.